The molecule has 0 aromatic carbocycles. The average molecular weight is 115 g/mol. The highest BCUT2D eigenvalue weighted by Crippen LogP contribution is 1.76. The van der Waals surface area contributed by atoms with E-state index in [0.29, 0.717) is 0 Å². The zero-order chi connectivity index (χ0) is 6.73. The first-order valence-electron chi connectivity index (χ1n) is 2.77. The van der Waals surface area contributed by atoms with Crippen molar-refractivity contribution in [3.05, 3.63) is 0 Å². The maximum Gasteiger partial charge on any atom is 0.176 e. The summed E-state index contributed by atoms with van der Waals surface area (Å²) in [6, 6.07) is 0. The summed E-state index contributed by atoms with van der Waals surface area (Å²) in [5, 5.41) is 2.04. The fourth-order valence-electron chi connectivity index (χ4n) is 0.400. The third kappa shape index (κ3) is 1.96. The first kappa shape index (κ1) is 7.47. The highest BCUT2D eigenvalue weighted by molar-refractivity contribution is 5.73. The third-order valence-electron chi connectivity index (χ3n) is 1.25. The number of hydrogen-bond donors (Lipinski definition) is 0. The molecule has 0 rings (SSSR count). The van der Waals surface area contributed by atoms with E-state index < -0.39 is 0 Å². The van der Waals surface area contributed by atoms with Crippen LogP contribution in [0.25, 0.3) is 0 Å². The zero-order valence-corrected chi connectivity index (χ0v) is 6.39. The van der Waals surface area contributed by atoms with Crippen molar-refractivity contribution < 1.29 is 4.68 Å². The van der Waals surface area contributed by atoms with Crippen molar-refractivity contribution >= 4 is 5.71 Å². The third-order valence-corrected chi connectivity index (χ3v) is 1.25. The van der Waals surface area contributed by atoms with E-state index >= 15 is 0 Å². The molecule has 48 valence electrons. The van der Waals surface area contributed by atoms with Crippen molar-refractivity contribution in [2.75, 3.05) is 21.1 Å². The van der Waals surface area contributed by atoms with Crippen molar-refractivity contribution in [3.8, 4) is 0 Å². The van der Waals surface area contributed by atoms with Gasteiger partial charge in [-0.05, 0) is 0 Å². The minimum atomic E-state index is 1.30. The Morgan fingerprint density at radius 2 is 1.62 bits per heavy atom. The SMILES string of the molecule is CC(C)=[N+](C)N(C)C. The number of rotatable bonds is 1. The lowest BCUT2D eigenvalue weighted by molar-refractivity contribution is -0.656. The van der Waals surface area contributed by atoms with Gasteiger partial charge in [-0.25, -0.2) is 0 Å². The molecule has 0 saturated heterocycles. The summed E-state index contributed by atoms with van der Waals surface area (Å²) in [7, 11) is 6.08. The molecule has 2 heteroatoms. The molecule has 0 radical (unpaired) electrons. The fourth-order valence-corrected chi connectivity index (χ4v) is 0.400. The van der Waals surface area contributed by atoms with Gasteiger partial charge in [0.1, 0.15) is 0 Å². The molecule has 0 aromatic heterocycles. The standard InChI is InChI=1S/C6H15N2/c1-6(2)8(5)7(3)4/h1-5H3/q+1. The van der Waals surface area contributed by atoms with Gasteiger partial charge in [-0.1, -0.05) is 0 Å². The van der Waals surface area contributed by atoms with Gasteiger partial charge in [0, 0.05) is 13.8 Å². The van der Waals surface area contributed by atoms with E-state index in [9.17, 15) is 0 Å². The summed E-state index contributed by atoms with van der Waals surface area (Å²) in [5.74, 6) is 0. The molecule has 0 aromatic rings. The Morgan fingerprint density at radius 3 is 1.62 bits per heavy atom. The minimum Gasteiger partial charge on any atom is -0.193 e. The van der Waals surface area contributed by atoms with E-state index in [1.54, 1.807) is 0 Å². The Hall–Kier alpha value is -0.530. The molecule has 0 aliphatic heterocycles. The summed E-state index contributed by atoms with van der Waals surface area (Å²) >= 11 is 0. The van der Waals surface area contributed by atoms with Gasteiger partial charge in [0.15, 0.2) is 12.8 Å². The summed E-state index contributed by atoms with van der Waals surface area (Å²) < 4.78 is 2.08. The number of nitrogens with zero attached hydrogens (tertiary/aromatic N) is 2. The first-order valence-corrected chi connectivity index (χ1v) is 2.77. The lowest BCUT2D eigenvalue weighted by atomic mass is 10.5. The maximum absolute atomic E-state index is 2.08. The quantitative estimate of drug-likeness (QED) is 0.275. The summed E-state index contributed by atoms with van der Waals surface area (Å²) in [4.78, 5) is 0. The maximum atomic E-state index is 2.08. The van der Waals surface area contributed by atoms with Crippen molar-refractivity contribution in [3.63, 3.8) is 0 Å². The van der Waals surface area contributed by atoms with Crippen LogP contribution in [0.5, 0.6) is 0 Å². The first-order chi connectivity index (χ1) is 3.55. The molecular weight excluding hydrogens is 100 g/mol. The van der Waals surface area contributed by atoms with Gasteiger partial charge in [0.2, 0.25) is 0 Å². The molecule has 0 spiro atoms. The molecule has 0 N–H and O–H groups in total. The van der Waals surface area contributed by atoms with Crippen LogP contribution in [0.4, 0.5) is 0 Å². The van der Waals surface area contributed by atoms with Gasteiger partial charge >= 0.3 is 0 Å². The highest BCUT2D eigenvalue weighted by Gasteiger charge is 1.98. The van der Waals surface area contributed by atoms with Gasteiger partial charge in [0.05, 0.1) is 14.1 Å². The van der Waals surface area contributed by atoms with E-state index in [0.717, 1.165) is 0 Å². The van der Waals surface area contributed by atoms with E-state index in [-0.39, 0.29) is 0 Å². The molecule has 0 atom stereocenters. The Labute approximate surface area is 51.4 Å². The molecule has 0 unspecified atom stereocenters. The number of hydrazone groups is 1. The van der Waals surface area contributed by atoms with Crippen molar-refractivity contribution in [2.24, 2.45) is 0 Å². The van der Waals surface area contributed by atoms with Crippen molar-refractivity contribution in [1.82, 2.24) is 5.01 Å². The van der Waals surface area contributed by atoms with Gasteiger partial charge in [-0.2, -0.15) is 5.01 Å². The predicted molar refractivity (Wildman–Crippen MR) is 36.2 cm³/mol. The summed E-state index contributed by atoms with van der Waals surface area (Å²) in [5.41, 5.74) is 1.30. The van der Waals surface area contributed by atoms with Crippen molar-refractivity contribution in [2.45, 2.75) is 13.8 Å². The molecule has 0 aliphatic rings. The Kier molecular flexibility index (Phi) is 2.52. The zero-order valence-electron chi connectivity index (χ0n) is 6.39. The smallest absolute Gasteiger partial charge is 0.176 e. The highest BCUT2D eigenvalue weighted by atomic mass is 15.5. The second-order valence-electron chi connectivity index (χ2n) is 2.32. The van der Waals surface area contributed by atoms with Gasteiger partial charge in [0.25, 0.3) is 0 Å². The largest absolute Gasteiger partial charge is 0.193 e. The Morgan fingerprint density at radius 1 is 1.25 bits per heavy atom. The van der Waals surface area contributed by atoms with E-state index in [1.807, 2.05) is 26.2 Å². The topological polar surface area (TPSA) is 6.25 Å². The molecule has 0 fully saturated rings. The van der Waals surface area contributed by atoms with Gasteiger partial charge in [-0.3, -0.25) is 0 Å². The van der Waals surface area contributed by atoms with Gasteiger partial charge < -0.3 is 0 Å². The van der Waals surface area contributed by atoms with Crippen LogP contribution in [0.2, 0.25) is 0 Å². The molecule has 0 bridgehead atoms. The predicted octanol–water partition coefficient (Wildman–Crippen LogP) is 0.586. The van der Waals surface area contributed by atoms with E-state index in [4.69, 9.17) is 0 Å². The molecule has 8 heavy (non-hydrogen) atoms. The average Bonchev–Trinajstić information content (AvgIpc) is 1.64. The summed E-state index contributed by atoms with van der Waals surface area (Å²) in [6.45, 7) is 4.17. The number of hydrazine groups is 1. The second kappa shape index (κ2) is 2.70. The van der Waals surface area contributed by atoms with Crippen LogP contribution in [0.3, 0.4) is 0 Å². The number of hydrogen-bond acceptors (Lipinski definition) is 1. The van der Waals surface area contributed by atoms with Crippen LogP contribution >= 0.6 is 0 Å². The lowest BCUT2D eigenvalue weighted by Gasteiger charge is -2.06. The molecule has 2 nitrogen and oxygen atoms in total. The van der Waals surface area contributed by atoms with Crippen LogP contribution in [-0.4, -0.2) is 36.5 Å². The Bertz CT molecular complexity index is 99.1. The van der Waals surface area contributed by atoms with Crippen LogP contribution in [0.1, 0.15) is 13.8 Å². The Balaban J connectivity index is 4.00. The minimum absolute atomic E-state index is 1.30. The van der Waals surface area contributed by atoms with Crippen molar-refractivity contribution in [1.29, 1.82) is 0 Å². The van der Waals surface area contributed by atoms with Crippen LogP contribution in [0.15, 0.2) is 0 Å². The van der Waals surface area contributed by atoms with Crippen LogP contribution in [-0.2, 0) is 0 Å². The lowest BCUT2D eigenvalue weighted by Crippen LogP contribution is -2.27. The normalized spacial score (nSPS) is 8.62. The van der Waals surface area contributed by atoms with Crippen LogP contribution < -0.4 is 0 Å². The molecule has 0 amide bonds. The monoisotopic (exact) mass is 115 g/mol. The summed E-state index contributed by atoms with van der Waals surface area (Å²) in [6.07, 6.45) is 0. The van der Waals surface area contributed by atoms with E-state index in [1.165, 1.54) is 5.71 Å². The molecule has 0 aliphatic carbocycles. The fraction of sp³-hybridized carbons (Fsp3) is 0.833. The van der Waals surface area contributed by atoms with E-state index in [2.05, 4.69) is 18.5 Å². The van der Waals surface area contributed by atoms with Crippen LogP contribution in [0, 0.1) is 0 Å². The molecular formula is C6H15N2+. The molecule has 0 saturated carbocycles. The second-order valence-corrected chi connectivity index (χ2v) is 2.32. The van der Waals surface area contributed by atoms with Gasteiger partial charge in [-0.15, -0.1) is 4.68 Å². The molecule has 0 heterocycles.